The van der Waals surface area contributed by atoms with Crippen LogP contribution in [0.2, 0.25) is 0 Å². The van der Waals surface area contributed by atoms with Crippen LogP contribution < -0.4 is 0 Å². The Balaban J connectivity index is 1.50. The monoisotopic (exact) mass is 386 g/mol. The third-order valence-electron chi connectivity index (χ3n) is 8.53. The molecule has 0 saturated heterocycles. The molecule has 4 aliphatic rings. The molecule has 0 aromatic heterocycles. The lowest BCUT2D eigenvalue weighted by Crippen LogP contribution is -2.49. The Hall–Kier alpha value is -2.11. The summed E-state index contributed by atoms with van der Waals surface area (Å²) < 4.78 is 0. The molecule has 2 saturated carbocycles. The van der Waals surface area contributed by atoms with Crippen LogP contribution in [0, 0.1) is 35.0 Å². The number of fused-ring (bicyclic) bond motifs is 5. The molecule has 0 heterocycles. The zero-order valence-corrected chi connectivity index (χ0v) is 17.4. The second-order valence-corrected chi connectivity index (χ2v) is 9.72. The van der Waals surface area contributed by atoms with E-state index in [-0.39, 0.29) is 17.1 Å². The number of ketones is 1. The van der Waals surface area contributed by atoms with E-state index < -0.39 is 5.60 Å². The van der Waals surface area contributed by atoms with Gasteiger partial charge < -0.3 is 5.11 Å². The second-order valence-electron chi connectivity index (χ2n) is 9.72. The van der Waals surface area contributed by atoms with Crippen molar-refractivity contribution in [2.75, 3.05) is 0 Å². The number of hydrogen-bond acceptors (Lipinski definition) is 2. The van der Waals surface area contributed by atoms with Gasteiger partial charge in [-0.2, -0.15) is 0 Å². The van der Waals surface area contributed by atoms with Crippen molar-refractivity contribution in [1.82, 2.24) is 0 Å². The molecule has 1 aromatic rings. The number of rotatable bonds is 1. The largest absolute Gasteiger partial charge is 0.377 e. The lowest BCUT2D eigenvalue weighted by Gasteiger charge is -2.51. The molecule has 29 heavy (non-hydrogen) atoms. The minimum Gasteiger partial charge on any atom is -0.377 e. The van der Waals surface area contributed by atoms with Crippen molar-refractivity contribution in [3.63, 3.8) is 0 Å². The predicted molar refractivity (Wildman–Crippen MR) is 115 cm³/mol. The van der Waals surface area contributed by atoms with Crippen molar-refractivity contribution in [3.05, 3.63) is 59.2 Å². The summed E-state index contributed by atoms with van der Waals surface area (Å²) in [5, 5.41) is 11.3. The van der Waals surface area contributed by atoms with E-state index in [0.717, 1.165) is 44.1 Å². The van der Waals surface area contributed by atoms with E-state index in [2.05, 4.69) is 37.0 Å². The van der Waals surface area contributed by atoms with Gasteiger partial charge in [0.15, 0.2) is 5.78 Å². The van der Waals surface area contributed by atoms with Crippen LogP contribution >= 0.6 is 0 Å². The van der Waals surface area contributed by atoms with Gasteiger partial charge in [0.05, 0.1) is 0 Å². The van der Waals surface area contributed by atoms with E-state index in [4.69, 9.17) is 0 Å². The van der Waals surface area contributed by atoms with Gasteiger partial charge >= 0.3 is 0 Å². The quantitative estimate of drug-likeness (QED) is 0.532. The Labute approximate surface area is 174 Å². The Morgan fingerprint density at radius 3 is 2.69 bits per heavy atom. The van der Waals surface area contributed by atoms with Crippen LogP contribution in [-0.4, -0.2) is 16.5 Å². The lowest BCUT2D eigenvalue weighted by molar-refractivity contribution is -0.116. The van der Waals surface area contributed by atoms with Crippen molar-refractivity contribution in [3.8, 4) is 11.8 Å². The van der Waals surface area contributed by atoms with Crippen LogP contribution in [0.15, 0.2) is 53.6 Å². The first-order valence-electron chi connectivity index (χ1n) is 11.1. The smallest absolute Gasteiger partial charge is 0.163 e. The van der Waals surface area contributed by atoms with Gasteiger partial charge in [-0.1, -0.05) is 60.4 Å². The molecular weight excluding hydrogens is 356 g/mol. The second kappa shape index (κ2) is 6.71. The molecule has 2 heteroatoms. The number of allylic oxidation sites excluding steroid dienone is 4. The topological polar surface area (TPSA) is 37.3 Å². The molecule has 5 rings (SSSR count). The van der Waals surface area contributed by atoms with Gasteiger partial charge in [0.1, 0.15) is 5.60 Å². The van der Waals surface area contributed by atoms with Gasteiger partial charge in [0.2, 0.25) is 0 Å². The average Bonchev–Trinajstić information content (AvgIpc) is 2.99. The minimum absolute atomic E-state index is 0.0237. The van der Waals surface area contributed by atoms with E-state index in [1.165, 1.54) is 5.57 Å². The normalized spacial score (nSPS) is 40.6. The maximum absolute atomic E-state index is 12.9. The van der Waals surface area contributed by atoms with Gasteiger partial charge in [-0.25, -0.2) is 0 Å². The highest BCUT2D eigenvalue weighted by Crippen LogP contribution is 2.63. The van der Waals surface area contributed by atoms with Gasteiger partial charge in [-0.05, 0) is 68.9 Å². The van der Waals surface area contributed by atoms with Gasteiger partial charge in [0, 0.05) is 17.3 Å². The SMILES string of the molecule is CC#C[C@]1(O)CC[C@H]2[C@@H]3CCC4=CC(=O)C(c5ccccc5)C[C@@H]4C3=CC[C@@]21C. The van der Waals surface area contributed by atoms with Crippen LogP contribution in [0.3, 0.4) is 0 Å². The average molecular weight is 387 g/mol. The molecule has 2 fully saturated rings. The van der Waals surface area contributed by atoms with E-state index >= 15 is 0 Å². The molecule has 6 atom stereocenters. The van der Waals surface area contributed by atoms with Crippen molar-refractivity contribution >= 4 is 5.78 Å². The fourth-order valence-electron chi connectivity index (χ4n) is 6.93. The predicted octanol–water partition coefficient (Wildman–Crippen LogP) is 5.20. The number of benzene rings is 1. The van der Waals surface area contributed by atoms with Crippen LogP contribution in [0.25, 0.3) is 0 Å². The summed E-state index contributed by atoms with van der Waals surface area (Å²) in [7, 11) is 0. The Kier molecular flexibility index (Phi) is 4.37. The molecule has 150 valence electrons. The van der Waals surface area contributed by atoms with Crippen molar-refractivity contribution < 1.29 is 9.90 Å². The van der Waals surface area contributed by atoms with Gasteiger partial charge in [-0.3, -0.25) is 4.79 Å². The fraction of sp³-hybridized carbons (Fsp3) is 0.519. The maximum atomic E-state index is 12.9. The highest BCUT2D eigenvalue weighted by atomic mass is 16.3. The summed E-state index contributed by atoms with van der Waals surface area (Å²) >= 11 is 0. The Bertz CT molecular complexity index is 959. The zero-order chi connectivity index (χ0) is 20.2. The number of carbonyl (C=O) groups is 1. The first kappa shape index (κ1) is 18.9. The fourth-order valence-corrected chi connectivity index (χ4v) is 6.93. The summed E-state index contributed by atoms with van der Waals surface area (Å²) in [5.41, 5.74) is 3.01. The van der Waals surface area contributed by atoms with Crippen molar-refractivity contribution in [2.24, 2.45) is 23.2 Å². The maximum Gasteiger partial charge on any atom is 0.163 e. The third kappa shape index (κ3) is 2.71. The van der Waals surface area contributed by atoms with Crippen LogP contribution in [-0.2, 0) is 4.79 Å². The zero-order valence-electron chi connectivity index (χ0n) is 17.4. The summed E-state index contributed by atoms with van der Waals surface area (Å²) in [4.78, 5) is 12.9. The molecule has 0 spiro atoms. The molecule has 2 nitrogen and oxygen atoms in total. The number of hydrogen-bond donors (Lipinski definition) is 1. The Morgan fingerprint density at radius 1 is 1.14 bits per heavy atom. The summed E-state index contributed by atoms with van der Waals surface area (Å²) in [6, 6.07) is 10.3. The first-order valence-corrected chi connectivity index (χ1v) is 11.1. The molecule has 1 N–H and O–H groups in total. The van der Waals surface area contributed by atoms with E-state index in [1.807, 2.05) is 31.2 Å². The summed E-state index contributed by atoms with van der Waals surface area (Å²) in [6.45, 7) is 4.09. The standard InChI is InChI=1S/C27H30O2/c1-3-13-27(29)15-12-24-21-10-9-19-16-25(28)23(18-7-5-4-6-8-18)17-22(19)20(21)11-14-26(24,27)2/h4-8,11,16,21-24,29H,9-10,12,14-15,17H2,1-2H3/t21-,22+,23?,24+,26+,27+/m1/s1. The molecule has 1 aromatic carbocycles. The summed E-state index contributed by atoms with van der Waals surface area (Å²) in [6.07, 6.45) is 10.1. The Morgan fingerprint density at radius 2 is 1.93 bits per heavy atom. The van der Waals surface area contributed by atoms with Crippen molar-refractivity contribution in [2.45, 2.75) is 63.9 Å². The highest BCUT2D eigenvalue weighted by Gasteiger charge is 2.60. The molecule has 4 aliphatic carbocycles. The van der Waals surface area contributed by atoms with Gasteiger partial charge in [0.25, 0.3) is 0 Å². The van der Waals surface area contributed by atoms with Crippen LogP contribution in [0.5, 0.6) is 0 Å². The number of aliphatic hydroxyl groups is 1. The van der Waals surface area contributed by atoms with E-state index in [1.54, 1.807) is 5.57 Å². The molecule has 0 aliphatic heterocycles. The highest BCUT2D eigenvalue weighted by molar-refractivity contribution is 5.97. The summed E-state index contributed by atoms with van der Waals surface area (Å²) in [5.74, 6) is 7.81. The van der Waals surface area contributed by atoms with Crippen LogP contribution in [0.4, 0.5) is 0 Å². The van der Waals surface area contributed by atoms with Gasteiger partial charge in [-0.15, -0.1) is 5.92 Å². The molecule has 1 unspecified atom stereocenters. The van der Waals surface area contributed by atoms with E-state index in [0.29, 0.717) is 17.8 Å². The van der Waals surface area contributed by atoms with Crippen molar-refractivity contribution in [1.29, 1.82) is 0 Å². The molecule has 0 radical (unpaired) electrons. The minimum atomic E-state index is -0.861. The number of carbonyl (C=O) groups excluding carboxylic acids is 1. The van der Waals surface area contributed by atoms with E-state index in [9.17, 15) is 9.90 Å². The van der Waals surface area contributed by atoms with Crippen LogP contribution in [0.1, 0.15) is 63.9 Å². The lowest BCUT2D eigenvalue weighted by atomic mass is 9.54. The molecule has 0 amide bonds. The molecule has 0 bridgehead atoms. The third-order valence-corrected chi connectivity index (χ3v) is 8.53. The first-order chi connectivity index (χ1) is 14.0. The molecular formula is C27H30O2.